The smallest absolute Gasteiger partial charge is 0.322 e. The number of carbonyl (C=O) groups is 4. The molecule has 2 aliphatic rings. The Labute approximate surface area is 422 Å². The molecule has 1 unspecified atom stereocenters. The van der Waals surface area contributed by atoms with Gasteiger partial charge in [0.05, 0.1) is 89.8 Å². The lowest BCUT2D eigenvalue weighted by Gasteiger charge is -2.30. The van der Waals surface area contributed by atoms with Crippen molar-refractivity contribution in [2.75, 3.05) is 105 Å². The van der Waals surface area contributed by atoms with Crippen LogP contribution in [0.15, 0.2) is 84.4 Å². The van der Waals surface area contributed by atoms with Crippen LogP contribution in [0.3, 0.4) is 0 Å². The highest BCUT2D eigenvalue weighted by Gasteiger charge is 2.34. The van der Waals surface area contributed by atoms with Gasteiger partial charge in [-0.1, -0.05) is 43.2 Å². The van der Waals surface area contributed by atoms with Gasteiger partial charge in [0.2, 0.25) is 11.8 Å². The molecule has 0 bridgehead atoms. The Morgan fingerprint density at radius 3 is 2.15 bits per heavy atom. The first-order valence-electron chi connectivity index (χ1n) is 25.3. The van der Waals surface area contributed by atoms with E-state index in [0.717, 1.165) is 64.6 Å². The van der Waals surface area contributed by atoms with Crippen LogP contribution in [0.2, 0.25) is 0 Å². The van der Waals surface area contributed by atoms with Crippen LogP contribution in [-0.2, 0) is 55.9 Å². The number of pyridine rings is 2. The SMILES string of the molecule is COCCOCCOCCOCCOCCOCCC(=O)N[C@@H](CCCCN)C(=O)NCCCCCCN1N=C(c2ccc(NC(=O)N3Cc4ccncc4C3)cc2)CC(c2cccc3ncccc23)C1=O. The number of amides is 5. The van der Waals surface area contributed by atoms with E-state index in [0.29, 0.717) is 130 Å². The zero-order valence-corrected chi connectivity index (χ0v) is 41.7. The summed E-state index contributed by atoms with van der Waals surface area (Å²) in [5.41, 5.74) is 11.9. The summed E-state index contributed by atoms with van der Waals surface area (Å²) in [6, 6.07) is 18.5. The van der Waals surface area contributed by atoms with E-state index in [9.17, 15) is 19.2 Å². The molecule has 5 N–H and O–H groups in total. The van der Waals surface area contributed by atoms with E-state index in [1.54, 1.807) is 35.6 Å². The maximum absolute atomic E-state index is 14.2. The predicted octanol–water partition coefficient (Wildman–Crippen LogP) is 5.31. The molecule has 0 fully saturated rings. The van der Waals surface area contributed by atoms with Crippen LogP contribution < -0.4 is 21.7 Å². The molecule has 19 nitrogen and oxygen atoms in total. The van der Waals surface area contributed by atoms with Crippen molar-refractivity contribution in [1.29, 1.82) is 0 Å². The van der Waals surface area contributed by atoms with Crippen molar-refractivity contribution in [1.82, 2.24) is 30.5 Å². The first-order valence-corrected chi connectivity index (χ1v) is 25.3. The highest BCUT2D eigenvalue weighted by atomic mass is 16.6. The summed E-state index contributed by atoms with van der Waals surface area (Å²) >= 11 is 0. The molecule has 4 heterocycles. The number of fused-ring (bicyclic) bond motifs is 2. The minimum Gasteiger partial charge on any atom is -0.382 e. The number of anilines is 1. The van der Waals surface area contributed by atoms with E-state index >= 15 is 0 Å². The van der Waals surface area contributed by atoms with Gasteiger partial charge in [-0.15, -0.1) is 0 Å². The lowest BCUT2D eigenvalue weighted by atomic mass is 9.86. The van der Waals surface area contributed by atoms with E-state index in [4.69, 9.17) is 39.3 Å². The quantitative estimate of drug-likeness (QED) is 0.0436. The Balaban J connectivity index is 0.902. The van der Waals surface area contributed by atoms with Crippen molar-refractivity contribution < 1.29 is 47.6 Å². The number of urea groups is 1. The zero-order chi connectivity index (χ0) is 50.6. The molecule has 0 saturated heterocycles. The van der Waals surface area contributed by atoms with Gasteiger partial charge in [-0.25, -0.2) is 9.80 Å². The van der Waals surface area contributed by atoms with Gasteiger partial charge in [0.1, 0.15) is 6.04 Å². The monoisotopic (exact) mass is 996 g/mol. The van der Waals surface area contributed by atoms with Gasteiger partial charge in [-0.2, -0.15) is 5.10 Å². The first-order chi connectivity index (χ1) is 35.3. The number of carbonyl (C=O) groups excluding carboxylic acids is 4. The normalized spacial score (nSPS) is 14.8. The Morgan fingerprint density at radius 2 is 1.44 bits per heavy atom. The van der Waals surface area contributed by atoms with Crippen LogP contribution in [0.5, 0.6) is 0 Å². The number of benzene rings is 2. The first kappa shape index (κ1) is 55.4. The van der Waals surface area contributed by atoms with Gasteiger partial charge < -0.3 is 55.0 Å². The van der Waals surface area contributed by atoms with E-state index in [-0.39, 0.29) is 36.8 Å². The summed E-state index contributed by atoms with van der Waals surface area (Å²) in [5, 5.41) is 16.4. The van der Waals surface area contributed by atoms with Crippen LogP contribution in [0, 0.1) is 0 Å². The largest absolute Gasteiger partial charge is 0.382 e. The molecule has 0 saturated carbocycles. The van der Waals surface area contributed by atoms with E-state index in [1.165, 1.54) is 0 Å². The van der Waals surface area contributed by atoms with E-state index in [1.807, 2.05) is 60.7 Å². The van der Waals surface area contributed by atoms with Gasteiger partial charge in [0, 0.05) is 75.8 Å². The molecule has 2 aromatic carbocycles. The van der Waals surface area contributed by atoms with Gasteiger partial charge >= 0.3 is 6.03 Å². The molecule has 19 heteroatoms. The maximum atomic E-state index is 14.2. The number of hydrazone groups is 1. The third kappa shape index (κ3) is 18.3. The van der Waals surface area contributed by atoms with Crippen LogP contribution in [0.25, 0.3) is 10.9 Å². The number of nitrogens with one attached hydrogen (secondary N) is 3. The molecule has 390 valence electrons. The number of aromatic nitrogens is 2. The van der Waals surface area contributed by atoms with Gasteiger partial charge in [0.15, 0.2) is 0 Å². The van der Waals surface area contributed by atoms with Crippen LogP contribution in [-0.4, -0.2) is 155 Å². The number of nitrogens with two attached hydrogens (primary N) is 1. The topological polar surface area (TPSA) is 230 Å². The summed E-state index contributed by atoms with van der Waals surface area (Å²) in [5.74, 6) is -1.02. The molecule has 6 rings (SSSR count). The second kappa shape index (κ2) is 31.5. The third-order valence-corrected chi connectivity index (χ3v) is 12.3. The van der Waals surface area contributed by atoms with Crippen molar-refractivity contribution in [3.8, 4) is 0 Å². The molecule has 4 aromatic rings. The van der Waals surface area contributed by atoms with Gasteiger partial charge in [-0.05, 0) is 91.2 Å². The van der Waals surface area contributed by atoms with Crippen LogP contribution in [0.1, 0.15) is 86.0 Å². The van der Waals surface area contributed by atoms with Crippen LogP contribution in [0.4, 0.5) is 10.5 Å². The van der Waals surface area contributed by atoms with Crippen molar-refractivity contribution in [2.24, 2.45) is 10.8 Å². The average molecular weight is 996 g/mol. The predicted molar refractivity (Wildman–Crippen MR) is 273 cm³/mol. The lowest BCUT2D eigenvalue weighted by molar-refractivity contribution is -0.133. The molecule has 0 spiro atoms. The fourth-order valence-electron chi connectivity index (χ4n) is 8.41. The second-order valence-electron chi connectivity index (χ2n) is 17.6. The Bertz CT molecular complexity index is 2290. The Hall–Kier alpha value is -5.93. The molecule has 0 aliphatic carbocycles. The highest BCUT2D eigenvalue weighted by Crippen LogP contribution is 2.34. The molecule has 5 amide bonds. The average Bonchev–Trinajstić information content (AvgIpc) is 3.84. The number of nitrogens with zero attached hydrogens (tertiary/aromatic N) is 5. The molecule has 2 aliphatic heterocycles. The van der Waals surface area contributed by atoms with Crippen molar-refractivity contribution in [3.05, 3.63) is 102 Å². The second-order valence-corrected chi connectivity index (χ2v) is 17.6. The summed E-state index contributed by atoms with van der Waals surface area (Å²) < 4.78 is 32.3. The number of ether oxygens (including phenoxy) is 6. The molecular formula is C53H73N9O10. The van der Waals surface area contributed by atoms with Crippen molar-refractivity contribution in [2.45, 2.75) is 82.8 Å². The Kier molecular flexibility index (Phi) is 24.2. The van der Waals surface area contributed by atoms with Gasteiger partial charge in [0.25, 0.3) is 5.91 Å². The number of hydrogen-bond donors (Lipinski definition) is 4. The van der Waals surface area contributed by atoms with Gasteiger partial charge in [-0.3, -0.25) is 24.4 Å². The molecule has 2 aromatic heterocycles. The summed E-state index contributed by atoms with van der Waals surface area (Å²) in [7, 11) is 1.63. The van der Waals surface area contributed by atoms with Crippen LogP contribution >= 0.6 is 0 Å². The highest BCUT2D eigenvalue weighted by molar-refractivity contribution is 6.07. The minimum absolute atomic E-state index is 0.0662. The number of rotatable bonds is 34. The summed E-state index contributed by atoms with van der Waals surface area (Å²) in [6.45, 7) is 7.25. The number of unbranched alkanes of at least 4 members (excludes halogenated alkanes) is 4. The maximum Gasteiger partial charge on any atom is 0.322 e. The fraction of sp³-hybridized carbons (Fsp3) is 0.528. The number of hydrogen-bond acceptors (Lipinski definition) is 14. The molecule has 2 atom stereocenters. The van der Waals surface area contributed by atoms with E-state index < -0.39 is 12.0 Å². The minimum atomic E-state index is -0.670. The standard InChI is InChI=1S/C53H73N9O10/c1-67-26-27-69-30-31-71-34-35-72-33-32-70-29-28-68-25-19-50(63)59-48(12-4-5-20-54)51(64)57-21-6-2-3-7-24-62-52(65)46(44-10-8-13-47-45(44)11-9-22-56-47)36-49(60-62)40-14-16-43(17-15-40)58-53(66)61-38-41-18-23-55-37-42(41)39-61/h8-11,13-18,22-23,37,46,48H,2-7,12,19-21,24-36,38-39,54H2,1H3,(H,57,64)(H,58,66)(H,59,63)/t46?,48-/m0/s1. The molecular weight excluding hydrogens is 923 g/mol. The zero-order valence-electron chi connectivity index (χ0n) is 41.7. The molecule has 0 radical (unpaired) electrons. The number of methoxy groups -OCH3 is 1. The van der Waals surface area contributed by atoms with Crippen molar-refractivity contribution in [3.63, 3.8) is 0 Å². The third-order valence-electron chi connectivity index (χ3n) is 12.3. The fourth-order valence-corrected chi connectivity index (χ4v) is 8.41. The summed E-state index contributed by atoms with van der Waals surface area (Å²) in [4.78, 5) is 63.9. The Morgan fingerprint density at radius 1 is 0.750 bits per heavy atom. The lowest BCUT2D eigenvalue weighted by Crippen LogP contribution is -2.47. The molecule has 72 heavy (non-hydrogen) atoms. The van der Waals surface area contributed by atoms with E-state index in [2.05, 4.69) is 25.9 Å². The summed E-state index contributed by atoms with van der Waals surface area (Å²) in [6.07, 6.45) is 10.9. The van der Waals surface area contributed by atoms with Crippen molar-refractivity contribution >= 4 is 46.1 Å².